The van der Waals surface area contributed by atoms with Crippen LogP contribution in [0.5, 0.6) is 0 Å². The number of carbonyl (C=O) groups is 4. The number of hydrogen-bond donors (Lipinski definition) is 4. The van der Waals surface area contributed by atoms with Gasteiger partial charge in [-0.05, 0) is 40.5 Å². The van der Waals surface area contributed by atoms with Gasteiger partial charge in [-0.25, -0.2) is 0 Å². The normalized spacial score (nSPS) is 11.8. The van der Waals surface area contributed by atoms with Crippen molar-refractivity contribution < 1.29 is 104 Å². The third-order valence-electron chi connectivity index (χ3n) is 10.6. The van der Waals surface area contributed by atoms with E-state index < -0.39 is 11.4 Å². The van der Waals surface area contributed by atoms with Crippen LogP contribution in [0.15, 0.2) is 0 Å². The Hall–Kier alpha value is -2.84. The molecule has 26 heteroatoms. The van der Waals surface area contributed by atoms with E-state index in [0.717, 1.165) is 25.9 Å². The summed E-state index contributed by atoms with van der Waals surface area (Å²) < 4.78 is 101. The zero-order valence-electron chi connectivity index (χ0n) is 51.0. The highest BCUT2D eigenvalue weighted by Gasteiger charge is 2.34. The smallest absolute Gasteiger partial charge is 0.246 e. The summed E-state index contributed by atoms with van der Waals surface area (Å²) in [6, 6.07) is 0. The maximum Gasteiger partial charge on any atom is 0.246 e. The molecule has 0 aliphatic rings. The van der Waals surface area contributed by atoms with Crippen molar-refractivity contribution >= 4 is 23.6 Å². The lowest BCUT2D eigenvalue weighted by Gasteiger charge is -2.34. The molecule has 0 fully saturated rings. The third kappa shape index (κ3) is 60.3. The van der Waals surface area contributed by atoms with Crippen molar-refractivity contribution in [2.45, 2.75) is 97.8 Å². The minimum absolute atomic E-state index is 0.00582. The molecular weight excluding hydrogens is 1080 g/mol. The quantitative estimate of drug-likeness (QED) is 0.0631. The molecule has 0 aromatic heterocycles. The molecule has 0 aromatic carbocycles. The highest BCUT2D eigenvalue weighted by Crippen LogP contribution is 2.11. The molecule has 0 heterocycles. The van der Waals surface area contributed by atoms with Crippen LogP contribution in [0.25, 0.3) is 0 Å². The van der Waals surface area contributed by atoms with Gasteiger partial charge in [-0.15, -0.1) is 0 Å². The molecule has 0 aliphatic carbocycles. The van der Waals surface area contributed by atoms with Crippen molar-refractivity contribution in [2.24, 2.45) is 0 Å². The van der Waals surface area contributed by atoms with Gasteiger partial charge in [0.05, 0.1) is 217 Å². The van der Waals surface area contributed by atoms with E-state index in [9.17, 15) is 19.2 Å². The van der Waals surface area contributed by atoms with Crippen molar-refractivity contribution in [3.8, 4) is 0 Å². The van der Waals surface area contributed by atoms with Crippen molar-refractivity contribution in [3.63, 3.8) is 0 Å². The standard InChI is InChI=1S/C56H110N4O22/c1-7-9-17-66-25-30-74-40-41-77-46-55(64)60-56(47-78-18-10-52(61)57-13-21-67-26-31-71-35-34-70-29-24-65-16-8-2,48-79-19-11-53(62)58-14-22-68-27-32-72-36-38-75-42-44-81-50(3)4)49-80-20-12-54(63)59-15-23-69-28-33-73-37-39-76-43-45-82-51(5)6/h50-51H,7-49H2,1-6H3,(H,57,61)(H,58,62)(H,59,63)(H,60,64). The van der Waals surface area contributed by atoms with Crippen LogP contribution in [0.4, 0.5) is 0 Å². The first-order valence-corrected chi connectivity index (χ1v) is 29.6. The Balaban J connectivity index is 5.30. The largest absolute Gasteiger partial charge is 0.379 e. The highest BCUT2D eigenvalue weighted by atomic mass is 16.6. The van der Waals surface area contributed by atoms with E-state index in [1.165, 1.54) is 0 Å². The maximum absolute atomic E-state index is 13.5. The summed E-state index contributed by atoms with van der Waals surface area (Å²) in [5.41, 5.74) is -1.34. The molecule has 4 N–H and O–H groups in total. The van der Waals surface area contributed by atoms with Crippen LogP contribution >= 0.6 is 0 Å². The van der Waals surface area contributed by atoms with Gasteiger partial charge in [0.15, 0.2) is 0 Å². The van der Waals surface area contributed by atoms with E-state index in [-0.39, 0.29) is 148 Å². The fourth-order valence-electron chi connectivity index (χ4n) is 6.44. The first-order chi connectivity index (χ1) is 40.0. The fraction of sp³-hybridized carbons (Fsp3) is 0.929. The SMILES string of the molecule is CCCCOCCOCCOCC(=O)NC(COCCC(=O)NCCOCCOCCOCCOCCC)(COCCC(=O)NCCOCCOCCOCCOC(C)C)COCCC(=O)NCCOCCOCCOCCOC(C)C. The van der Waals surface area contributed by atoms with Gasteiger partial charge in [-0.2, -0.15) is 0 Å². The molecule has 4 amide bonds. The molecule has 26 nitrogen and oxygen atoms in total. The number of nitrogens with one attached hydrogen (secondary N) is 4. The Bertz CT molecular complexity index is 1360. The van der Waals surface area contributed by atoms with Crippen LogP contribution in [0, 0.1) is 0 Å². The summed E-state index contributed by atoms with van der Waals surface area (Å²) >= 11 is 0. The number of carbonyl (C=O) groups excluding carboxylic acids is 4. The zero-order valence-corrected chi connectivity index (χ0v) is 51.0. The summed E-state index contributed by atoms with van der Waals surface area (Å²) in [5.74, 6) is -1.31. The van der Waals surface area contributed by atoms with Gasteiger partial charge >= 0.3 is 0 Å². The number of rotatable bonds is 67. The topological polar surface area (TPSA) is 283 Å². The molecule has 0 atom stereocenters. The van der Waals surface area contributed by atoms with Gasteiger partial charge in [0.25, 0.3) is 0 Å². The molecule has 0 aliphatic heterocycles. The molecule has 0 saturated carbocycles. The molecule has 82 heavy (non-hydrogen) atoms. The van der Waals surface area contributed by atoms with E-state index in [1.54, 1.807) is 0 Å². The minimum Gasteiger partial charge on any atom is -0.379 e. The van der Waals surface area contributed by atoms with Crippen molar-refractivity contribution in [1.29, 1.82) is 0 Å². The summed E-state index contributed by atoms with van der Waals surface area (Å²) in [6.07, 6.45) is 3.33. The van der Waals surface area contributed by atoms with Gasteiger partial charge in [-0.3, -0.25) is 19.2 Å². The van der Waals surface area contributed by atoms with Gasteiger partial charge in [0.2, 0.25) is 23.6 Å². The Labute approximate surface area is 490 Å². The Morgan fingerprint density at radius 3 is 0.890 bits per heavy atom. The second kappa shape index (κ2) is 62.7. The van der Waals surface area contributed by atoms with Gasteiger partial charge in [-0.1, -0.05) is 20.3 Å². The highest BCUT2D eigenvalue weighted by molar-refractivity contribution is 5.78. The van der Waals surface area contributed by atoms with Crippen molar-refractivity contribution in [2.75, 3.05) is 244 Å². The number of unbranched alkanes of at least 4 members (excludes halogenated alkanes) is 1. The Kier molecular flexibility index (Phi) is 60.5. The second-order valence-corrected chi connectivity index (χ2v) is 18.9. The van der Waals surface area contributed by atoms with Crippen molar-refractivity contribution in [1.82, 2.24) is 21.3 Å². The van der Waals surface area contributed by atoms with Gasteiger partial charge in [0, 0.05) is 52.1 Å². The van der Waals surface area contributed by atoms with Crippen LogP contribution in [-0.2, 0) is 104 Å². The van der Waals surface area contributed by atoms with Crippen LogP contribution in [0.2, 0.25) is 0 Å². The molecule has 0 radical (unpaired) electrons. The summed E-state index contributed by atoms with van der Waals surface area (Å²) in [6.45, 7) is 23.6. The average molecular weight is 1190 g/mol. The lowest BCUT2D eigenvalue weighted by molar-refractivity contribution is -0.134. The fourth-order valence-corrected chi connectivity index (χ4v) is 6.44. The van der Waals surface area contributed by atoms with Gasteiger partial charge in [0.1, 0.15) is 12.1 Å². The van der Waals surface area contributed by atoms with E-state index in [1.807, 2.05) is 27.7 Å². The molecule has 0 spiro atoms. The number of hydrogen-bond acceptors (Lipinski definition) is 22. The first kappa shape index (κ1) is 79.2. The van der Waals surface area contributed by atoms with Crippen LogP contribution in [-0.4, -0.2) is 286 Å². The van der Waals surface area contributed by atoms with Crippen LogP contribution < -0.4 is 21.3 Å². The van der Waals surface area contributed by atoms with Crippen LogP contribution in [0.1, 0.15) is 80.1 Å². The van der Waals surface area contributed by atoms with E-state index >= 15 is 0 Å². The molecule has 0 aromatic rings. The monoisotopic (exact) mass is 1190 g/mol. The lowest BCUT2D eigenvalue weighted by Crippen LogP contribution is -2.59. The third-order valence-corrected chi connectivity index (χ3v) is 10.6. The second-order valence-electron chi connectivity index (χ2n) is 18.9. The Morgan fingerprint density at radius 1 is 0.305 bits per heavy atom. The van der Waals surface area contributed by atoms with Crippen molar-refractivity contribution in [3.05, 3.63) is 0 Å². The number of ether oxygens (including phenoxy) is 18. The summed E-state index contributed by atoms with van der Waals surface area (Å²) in [5, 5.41) is 11.4. The minimum atomic E-state index is -1.34. The molecular formula is C56H110N4O22. The molecule has 0 unspecified atom stereocenters. The first-order valence-electron chi connectivity index (χ1n) is 29.6. The lowest BCUT2D eigenvalue weighted by atomic mass is 10.0. The molecule has 0 bridgehead atoms. The van der Waals surface area contributed by atoms with Crippen LogP contribution in [0.3, 0.4) is 0 Å². The maximum atomic E-state index is 13.5. The van der Waals surface area contributed by atoms with Gasteiger partial charge < -0.3 is 107 Å². The van der Waals surface area contributed by atoms with E-state index in [2.05, 4.69) is 35.1 Å². The predicted molar refractivity (Wildman–Crippen MR) is 304 cm³/mol. The molecule has 0 saturated heterocycles. The number of amides is 4. The summed E-state index contributed by atoms with van der Waals surface area (Å²) in [4.78, 5) is 51.8. The summed E-state index contributed by atoms with van der Waals surface area (Å²) in [7, 11) is 0. The van der Waals surface area contributed by atoms with E-state index in [0.29, 0.717) is 139 Å². The van der Waals surface area contributed by atoms with E-state index in [4.69, 9.17) is 85.3 Å². The molecule has 486 valence electrons. The average Bonchev–Trinajstić information content (AvgIpc) is 3.46. The Morgan fingerprint density at radius 2 is 0.585 bits per heavy atom. The zero-order chi connectivity index (χ0) is 59.9. The molecule has 0 rings (SSSR count). The predicted octanol–water partition coefficient (Wildman–Crippen LogP) is 1.69.